The van der Waals surface area contributed by atoms with Gasteiger partial charge in [0.25, 0.3) is 0 Å². The number of carbonyl (C=O) groups is 1. The molecule has 0 atom stereocenters. The zero-order chi connectivity index (χ0) is 17.8. The van der Waals surface area contributed by atoms with Crippen LogP contribution >= 0.6 is 27.3 Å². The van der Waals surface area contributed by atoms with E-state index in [4.69, 9.17) is 9.72 Å². The summed E-state index contributed by atoms with van der Waals surface area (Å²) in [4.78, 5) is 19.7. The number of nitrogens with zero attached hydrogens (tertiary/aromatic N) is 4. The monoisotopic (exact) mass is 426 g/mol. The highest BCUT2D eigenvalue weighted by atomic mass is 79.9. The topological polar surface area (TPSA) is 59.7 Å². The van der Waals surface area contributed by atoms with Gasteiger partial charge in [0.15, 0.2) is 3.92 Å². The molecule has 0 radical (unpaired) electrons. The third-order valence-electron chi connectivity index (χ3n) is 5.29. The van der Waals surface area contributed by atoms with Gasteiger partial charge < -0.3 is 9.64 Å². The van der Waals surface area contributed by atoms with Crippen molar-refractivity contribution in [3.8, 4) is 0 Å². The summed E-state index contributed by atoms with van der Waals surface area (Å²) in [6, 6.07) is 0. The summed E-state index contributed by atoms with van der Waals surface area (Å²) < 4.78 is 8.21. The number of ether oxygens (including phenoxy) is 1. The molecule has 0 bridgehead atoms. The molecule has 1 aliphatic heterocycles. The van der Waals surface area contributed by atoms with Crippen LogP contribution in [0.2, 0.25) is 0 Å². The number of likely N-dealkylation sites (tertiary alicyclic amines) is 1. The summed E-state index contributed by atoms with van der Waals surface area (Å²) in [5.41, 5.74) is 1.12. The van der Waals surface area contributed by atoms with Crippen LogP contribution < -0.4 is 0 Å². The number of amides is 1. The first kappa shape index (κ1) is 17.3. The van der Waals surface area contributed by atoms with E-state index in [1.807, 2.05) is 30.2 Å². The van der Waals surface area contributed by atoms with Crippen molar-refractivity contribution in [1.29, 1.82) is 0 Å². The summed E-state index contributed by atoms with van der Waals surface area (Å²) in [6.45, 7) is 7.34. The van der Waals surface area contributed by atoms with Gasteiger partial charge in [-0.2, -0.15) is 0 Å². The summed E-state index contributed by atoms with van der Waals surface area (Å²) in [5, 5.41) is 4.37. The first-order valence-electron chi connectivity index (χ1n) is 8.73. The van der Waals surface area contributed by atoms with Gasteiger partial charge in [0.2, 0.25) is 4.96 Å². The fourth-order valence-corrected chi connectivity index (χ4v) is 5.21. The predicted molar refractivity (Wildman–Crippen MR) is 100 cm³/mol. The second kappa shape index (κ2) is 5.94. The van der Waals surface area contributed by atoms with Crippen molar-refractivity contribution in [2.45, 2.75) is 58.0 Å². The molecule has 1 aliphatic carbocycles. The SMILES string of the molecule is CC(C)(C)OC(=O)N1CCC2(CC1)CC(c1cn3nc(Br)sc3n1)C2. The minimum atomic E-state index is -0.426. The molecule has 25 heavy (non-hydrogen) atoms. The standard InChI is InChI=1S/C17H23BrN4O2S/c1-16(2,3)24-15(23)21-6-4-17(5-7-21)8-11(9-17)12-10-22-14(19-12)25-13(18)20-22/h10-11H,4-9H2,1-3H3. The number of fused-ring (bicyclic) bond motifs is 1. The van der Waals surface area contributed by atoms with Gasteiger partial charge in [-0.3, -0.25) is 0 Å². The number of hydrogen-bond acceptors (Lipinski definition) is 5. The van der Waals surface area contributed by atoms with Crippen molar-refractivity contribution in [1.82, 2.24) is 19.5 Å². The molecular formula is C17H23BrN4O2S. The number of rotatable bonds is 1. The highest BCUT2D eigenvalue weighted by Crippen LogP contribution is 2.56. The maximum absolute atomic E-state index is 12.2. The molecule has 2 fully saturated rings. The van der Waals surface area contributed by atoms with Crippen LogP contribution in [0.1, 0.15) is 58.1 Å². The van der Waals surface area contributed by atoms with E-state index < -0.39 is 5.60 Å². The second-order valence-corrected chi connectivity index (χ2v) is 10.6. The highest BCUT2D eigenvalue weighted by molar-refractivity contribution is 9.11. The van der Waals surface area contributed by atoms with Crippen LogP contribution in [-0.4, -0.2) is 44.3 Å². The van der Waals surface area contributed by atoms with Crippen LogP contribution in [-0.2, 0) is 4.74 Å². The van der Waals surface area contributed by atoms with E-state index in [-0.39, 0.29) is 6.09 Å². The second-order valence-electron chi connectivity index (χ2n) is 8.32. The zero-order valence-electron chi connectivity index (χ0n) is 14.8. The fourth-order valence-electron chi connectivity index (χ4n) is 3.98. The van der Waals surface area contributed by atoms with Gasteiger partial charge in [-0.1, -0.05) is 11.3 Å². The van der Waals surface area contributed by atoms with Gasteiger partial charge in [-0.05, 0) is 67.8 Å². The quantitative estimate of drug-likeness (QED) is 0.675. The van der Waals surface area contributed by atoms with Crippen LogP contribution in [0.5, 0.6) is 0 Å². The Morgan fingerprint density at radius 1 is 1.36 bits per heavy atom. The Hall–Kier alpha value is -1.15. The number of carbonyl (C=O) groups excluding carboxylic acids is 1. The molecule has 8 heteroatoms. The van der Waals surface area contributed by atoms with Crippen molar-refractivity contribution in [3.05, 3.63) is 15.8 Å². The average molecular weight is 427 g/mol. The molecular weight excluding hydrogens is 404 g/mol. The van der Waals surface area contributed by atoms with E-state index in [0.29, 0.717) is 11.3 Å². The largest absolute Gasteiger partial charge is 0.444 e. The van der Waals surface area contributed by atoms with Crippen molar-refractivity contribution >= 4 is 38.3 Å². The maximum Gasteiger partial charge on any atom is 0.410 e. The molecule has 1 amide bonds. The van der Waals surface area contributed by atoms with Gasteiger partial charge in [0.05, 0.1) is 11.9 Å². The van der Waals surface area contributed by atoms with Crippen LogP contribution in [0, 0.1) is 5.41 Å². The van der Waals surface area contributed by atoms with E-state index in [1.165, 1.54) is 12.8 Å². The molecule has 136 valence electrons. The molecule has 3 heterocycles. The van der Waals surface area contributed by atoms with Gasteiger partial charge in [-0.25, -0.2) is 14.3 Å². The third-order valence-corrected chi connectivity index (χ3v) is 6.65. The van der Waals surface area contributed by atoms with Crippen LogP contribution in [0.3, 0.4) is 0 Å². The van der Waals surface area contributed by atoms with Crippen LogP contribution in [0.25, 0.3) is 4.96 Å². The Bertz CT molecular complexity index is 762. The molecule has 0 unspecified atom stereocenters. The molecule has 0 N–H and O–H groups in total. The van der Waals surface area contributed by atoms with Crippen molar-refractivity contribution in [2.75, 3.05) is 13.1 Å². The van der Waals surface area contributed by atoms with E-state index in [0.717, 1.165) is 40.5 Å². The smallest absolute Gasteiger partial charge is 0.410 e. The van der Waals surface area contributed by atoms with E-state index in [1.54, 1.807) is 11.3 Å². The van der Waals surface area contributed by atoms with Crippen LogP contribution in [0.15, 0.2) is 10.1 Å². The normalized spacial score (nSPS) is 20.9. The summed E-state index contributed by atoms with van der Waals surface area (Å²) >= 11 is 4.95. The predicted octanol–water partition coefficient (Wildman–Crippen LogP) is 4.45. The Balaban J connectivity index is 1.33. The molecule has 1 saturated carbocycles. The summed E-state index contributed by atoms with van der Waals surface area (Å²) in [6.07, 6.45) is 6.35. The lowest BCUT2D eigenvalue weighted by Gasteiger charge is -2.51. The van der Waals surface area contributed by atoms with E-state index in [9.17, 15) is 4.79 Å². The first-order valence-corrected chi connectivity index (χ1v) is 10.3. The average Bonchev–Trinajstić information content (AvgIpc) is 3.00. The van der Waals surface area contributed by atoms with Crippen molar-refractivity contribution in [3.63, 3.8) is 0 Å². The van der Waals surface area contributed by atoms with Crippen molar-refractivity contribution < 1.29 is 9.53 Å². The molecule has 6 nitrogen and oxygen atoms in total. The minimum Gasteiger partial charge on any atom is -0.444 e. The zero-order valence-corrected chi connectivity index (χ0v) is 17.2. The van der Waals surface area contributed by atoms with E-state index >= 15 is 0 Å². The summed E-state index contributed by atoms with van der Waals surface area (Å²) in [7, 11) is 0. The lowest BCUT2D eigenvalue weighted by atomic mass is 9.57. The lowest BCUT2D eigenvalue weighted by Crippen LogP contribution is -2.49. The number of imidazole rings is 1. The van der Waals surface area contributed by atoms with E-state index in [2.05, 4.69) is 27.2 Å². The number of halogens is 1. The first-order chi connectivity index (χ1) is 11.7. The Labute approximate surface area is 159 Å². The fraction of sp³-hybridized carbons (Fsp3) is 0.706. The molecule has 2 aromatic heterocycles. The maximum atomic E-state index is 12.2. The highest BCUT2D eigenvalue weighted by Gasteiger charge is 2.47. The Morgan fingerprint density at radius 3 is 2.64 bits per heavy atom. The number of hydrogen-bond donors (Lipinski definition) is 0. The minimum absolute atomic E-state index is 0.177. The Morgan fingerprint density at radius 2 is 2.04 bits per heavy atom. The molecule has 1 saturated heterocycles. The molecule has 0 aromatic carbocycles. The molecule has 2 aromatic rings. The molecule has 2 aliphatic rings. The number of piperidine rings is 1. The van der Waals surface area contributed by atoms with Crippen LogP contribution in [0.4, 0.5) is 4.79 Å². The van der Waals surface area contributed by atoms with Gasteiger partial charge in [0, 0.05) is 19.0 Å². The Kier molecular flexibility index (Phi) is 4.11. The number of aromatic nitrogens is 3. The lowest BCUT2D eigenvalue weighted by molar-refractivity contribution is -0.0125. The molecule has 4 rings (SSSR count). The molecule has 1 spiro atoms. The van der Waals surface area contributed by atoms with Crippen molar-refractivity contribution in [2.24, 2.45) is 5.41 Å². The van der Waals surface area contributed by atoms with Gasteiger partial charge in [0.1, 0.15) is 5.60 Å². The third kappa shape index (κ3) is 3.43. The van der Waals surface area contributed by atoms with Gasteiger partial charge >= 0.3 is 6.09 Å². The summed E-state index contributed by atoms with van der Waals surface area (Å²) in [5.74, 6) is 0.528. The van der Waals surface area contributed by atoms with Gasteiger partial charge in [-0.15, -0.1) is 5.10 Å².